The van der Waals surface area contributed by atoms with E-state index in [0.717, 1.165) is 5.39 Å². The van der Waals surface area contributed by atoms with Crippen LogP contribution in [0, 0.1) is 5.92 Å². The van der Waals surface area contributed by atoms with E-state index < -0.39 is 11.9 Å². The third kappa shape index (κ3) is 3.36. The summed E-state index contributed by atoms with van der Waals surface area (Å²) >= 11 is 12.2. The summed E-state index contributed by atoms with van der Waals surface area (Å²) in [6.07, 6.45) is 1.70. The van der Waals surface area contributed by atoms with Gasteiger partial charge in [0.05, 0.1) is 21.7 Å². The van der Waals surface area contributed by atoms with Crippen LogP contribution in [0.3, 0.4) is 0 Å². The van der Waals surface area contributed by atoms with Gasteiger partial charge in [-0.05, 0) is 24.3 Å². The number of para-hydroxylation sites is 1. The summed E-state index contributed by atoms with van der Waals surface area (Å²) in [5, 5.41) is 1.52. The maximum absolute atomic E-state index is 12.6. The number of anilines is 1. The molecule has 0 saturated carbocycles. The zero-order valence-corrected chi connectivity index (χ0v) is 15.6. The highest BCUT2D eigenvalue weighted by Crippen LogP contribution is 2.36. The lowest BCUT2D eigenvalue weighted by molar-refractivity contribution is -0.139. The first-order chi connectivity index (χ1) is 13.0. The highest BCUT2D eigenvalue weighted by Gasteiger charge is 2.37. The van der Waals surface area contributed by atoms with Gasteiger partial charge in [-0.25, -0.2) is 0 Å². The number of fused-ring (bicyclic) bond motifs is 1. The molecule has 5 nitrogen and oxygen atoms in total. The molecule has 0 spiro atoms. The first kappa shape index (κ1) is 17.8. The Labute approximate surface area is 165 Å². The maximum Gasteiger partial charge on any atom is 0.316 e. The Kier molecular flexibility index (Phi) is 4.72. The fraction of sp³-hybridized carbons (Fsp3) is 0.150. The molecular weight excluding hydrogens is 387 g/mol. The molecule has 7 heteroatoms. The number of ether oxygens (including phenoxy) is 1. The van der Waals surface area contributed by atoms with Crippen molar-refractivity contribution in [2.45, 2.75) is 6.42 Å². The second kappa shape index (κ2) is 7.18. The van der Waals surface area contributed by atoms with E-state index in [4.69, 9.17) is 27.9 Å². The minimum atomic E-state index is -0.591. The van der Waals surface area contributed by atoms with Gasteiger partial charge in [0, 0.05) is 24.5 Å². The number of pyridine rings is 1. The molecule has 4 rings (SSSR count). The average molecular weight is 401 g/mol. The molecule has 136 valence electrons. The zero-order chi connectivity index (χ0) is 19.0. The first-order valence-corrected chi connectivity index (χ1v) is 9.10. The fourth-order valence-electron chi connectivity index (χ4n) is 3.15. The van der Waals surface area contributed by atoms with E-state index in [1.54, 1.807) is 36.5 Å². The summed E-state index contributed by atoms with van der Waals surface area (Å²) in [6.45, 7) is 0.190. The van der Waals surface area contributed by atoms with Crippen molar-refractivity contribution in [1.29, 1.82) is 0 Å². The normalized spacial score (nSPS) is 16.7. The molecule has 0 unspecified atom stereocenters. The SMILES string of the molecule is O=C(Oc1cccc2cccnc12)[C@H]1CC(=O)N(c2cccc(Cl)c2Cl)C1. The first-order valence-electron chi connectivity index (χ1n) is 8.34. The number of nitrogens with zero attached hydrogens (tertiary/aromatic N) is 2. The monoisotopic (exact) mass is 400 g/mol. The second-order valence-electron chi connectivity index (χ2n) is 6.23. The highest BCUT2D eigenvalue weighted by molar-refractivity contribution is 6.44. The molecule has 0 bridgehead atoms. The number of hydrogen-bond acceptors (Lipinski definition) is 4. The van der Waals surface area contributed by atoms with Crippen molar-refractivity contribution >= 4 is 51.7 Å². The predicted octanol–water partition coefficient (Wildman–Crippen LogP) is 4.50. The summed E-state index contributed by atoms with van der Waals surface area (Å²) in [7, 11) is 0. The summed E-state index contributed by atoms with van der Waals surface area (Å²) in [5.74, 6) is -0.879. The van der Waals surface area contributed by atoms with E-state index >= 15 is 0 Å². The molecule has 0 aliphatic carbocycles. The van der Waals surface area contributed by atoms with Crippen LogP contribution in [0.5, 0.6) is 5.75 Å². The number of rotatable bonds is 3. The van der Waals surface area contributed by atoms with Crippen molar-refractivity contribution in [3.63, 3.8) is 0 Å². The lowest BCUT2D eigenvalue weighted by atomic mass is 10.1. The van der Waals surface area contributed by atoms with Crippen molar-refractivity contribution in [2.24, 2.45) is 5.92 Å². The molecule has 1 aliphatic heterocycles. The van der Waals surface area contributed by atoms with Gasteiger partial charge in [0.25, 0.3) is 0 Å². The molecule has 1 saturated heterocycles. The van der Waals surface area contributed by atoms with Crippen LogP contribution >= 0.6 is 23.2 Å². The van der Waals surface area contributed by atoms with Crippen LogP contribution in [-0.4, -0.2) is 23.4 Å². The van der Waals surface area contributed by atoms with E-state index in [2.05, 4.69) is 4.98 Å². The van der Waals surface area contributed by atoms with Crippen LogP contribution in [-0.2, 0) is 9.59 Å². The van der Waals surface area contributed by atoms with E-state index in [9.17, 15) is 9.59 Å². The minimum Gasteiger partial charge on any atom is -0.424 e. The van der Waals surface area contributed by atoms with Gasteiger partial charge in [-0.15, -0.1) is 0 Å². The van der Waals surface area contributed by atoms with Crippen molar-refractivity contribution in [3.05, 3.63) is 64.8 Å². The second-order valence-corrected chi connectivity index (χ2v) is 7.02. The third-order valence-electron chi connectivity index (χ3n) is 4.49. The molecule has 0 N–H and O–H groups in total. The summed E-state index contributed by atoms with van der Waals surface area (Å²) in [4.78, 5) is 30.8. The molecule has 1 amide bonds. The van der Waals surface area contributed by atoms with E-state index in [1.165, 1.54) is 4.90 Å². The van der Waals surface area contributed by atoms with Crippen LogP contribution in [0.15, 0.2) is 54.7 Å². The number of benzene rings is 2. The van der Waals surface area contributed by atoms with Crippen molar-refractivity contribution in [2.75, 3.05) is 11.4 Å². The summed E-state index contributed by atoms with van der Waals surface area (Å²) in [5.41, 5.74) is 1.10. The van der Waals surface area contributed by atoms with E-state index in [-0.39, 0.29) is 18.9 Å². The molecule has 2 heterocycles. The Morgan fingerprint density at radius 3 is 2.74 bits per heavy atom. The Morgan fingerprint density at radius 1 is 1.11 bits per heavy atom. The van der Waals surface area contributed by atoms with E-state index in [0.29, 0.717) is 27.0 Å². The molecular formula is C20H14Cl2N2O3. The van der Waals surface area contributed by atoms with Gasteiger partial charge in [-0.1, -0.05) is 47.5 Å². The molecule has 0 radical (unpaired) electrons. The summed E-state index contributed by atoms with van der Waals surface area (Å²) in [6, 6.07) is 14.1. The predicted molar refractivity (Wildman–Crippen MR) is 104 cm³/mol. The molecule has 1 aromatic heterocycles. The van der Waals surface area contributed by atoms with Crippen LogP contribution in [0.2, 0.25) is 10.0 Å². The summed E-state index contributed by atoms with van der Waals surface area (Å²) < 4.78 is 5.56. The molecule has 1 atom stereocenters. The number of hydrogen-bond donors (Lipinski definition) is 0. The van der Waals surface area contributed by atoms with Crippen LogP contribution in [0.1, 0.15) is 6.42 Å². The van der Waals surface area contributed by atoms with Crippen molar-refractivity contribution < 1.29 is 14.3 Å². The third-order valence-corrected chi connectivity index (χ3v) is 5.30. The lowest BCUT2D eigenvalue weighted by Crippen LogP contribution is -2.27. The fourth-order valence-corrected chi connectivity index (χ4v) is 3.55. The number of carbonyl (C=O) groups is 2. The molecule has 3 aromatic rings. The van der Waals surface area contributed by atoms with Gasteiger partial charge in [-0.2, -0.15) is 0 Å². The van der Waals surface area contributed by atoms with Crippen LogP contribution in [0.4, 0.5) is 5.69 Å². The van der Waals surface area contributed by atoms with Gasteiger partial charge >= 0.3 is 5.97 Å². The van der Waals surface area contributed by atoms with Gasteiger partial charge in [0.1, 0.15) is 5.52 Å². The standard InChI is InChI=1S/C20H14Cl2N2O3/c21-14-6-2-7-15(18(14)22)24-11-13(10-17(24)25)20(26)27-16-8-1-4-12-5-3-9-23-19(12)16/h1-9,13H,10-11H2/t13-/m0/s1. The largest absolute Gasteiger partial charge is 0.424 e. The Morgan fingerprint density at radius 2 is 1.89 bits per heavy atom. The smallest absolute Gasteiger partial charge is 0.316 e. The zero-order valence-electron chi connectivity index (χ0n) is 14.1. The Hall–Kier alpha value is -2.63. The topological polar surface area (TPSA) is 59.5 Å². The van der Waals surface area contributed by atoms with Gasteiger partial charge in [0.2, 0.25) is 5.91 Å². The quantitative estimate of drug-likeness (QED) is 0.479. The average Bonchev–Trinajstić information content (AvgIpc) is 3.06. The number of carbonyl (C=O) groups excluding carboxylic acids is 2. The van der Waals surface area contributed by atoms with Crippen molar-refractivity contribution in [1.82, 2.24) is 4.98 Å². The van der Waals surface area contributed by atoms with Gasteiger partial charge in [0.15, 0.2) is 5.75 Å². The highest BCUT2D eigenvalue weighted by atomic mass is 35.5. The number of aromatic nitrogens is 1. The molecule has 1 fully saturated rings. The number of halogens is 2. The van der Waals surface area contributed by atoms with Gasteiger partial charge < -0.3 is 9.64 Å². The molecule has 2 aromatic carbocycles. The molecule has 1 aliphatic rings. The minimum absolute atomic E-state index is 0.0554. The van der Waals surface area contributed by atoms with E-state index in [1.807, 2.05) is 18.2 Å². The van der Waals surface area contributed by atoms with Crippen LogP contribution < -0.4 is 9.64 Å². The van der Waals surface area contributed by atoms with Crippen LogP contribution in [0.25, 0.3) is 10.9 Å². The lowest BCUT2D eigenvalue weighted by Gasteiger charge is -2.18. The number of esters is 1. The maximum atomic E-state index is 12.6. The van der Waals surface area contributed by atoms with Gasteiger partial charge in [-0.3, -0.25) is 14.6 Å². The Bertz CT molecular complexity index is 1050. The molecule has 27 heavy (non-hydrogen) atoms. The van der Waals surface area contributed by atoms with Crippen molar-refractivity contribution in [3.8, 4) is 5.75 Å². The Balaban J connectivity index is 1.55. The number of amides is 1.